The van der Waals surface area contributed by atoms with E-state index in [0.717, 1.165) is 32.5 Å². The van der Waals surface area contributed by atoms with Gasteiger partial charge in [-0.25, -0.2) is 0 Å². The third kappa shape index (κ3) is 4.90. The molecule has 1 aromatic carbocycles. The van der Waals surface area contributed by atoms with Crippen molar-refractivity contribution in [2.45, 2.75) is 10.9 Å². The van der Waals surface area contributed by atoms with E-state index in [1.54, 1.807) is 25.1 Å². The molecule has 2 aromatic heterocycles. The quantitative estimate of drug-likeness (QED) is 0.456. The zero-order chi connectivity index (χ0) is 16.6. The smallest absolute Gasteiger partial charge is 0.206 e. The number of methoxy groups -OCH3 is 1. The molecule has 0 aliphatic carbocycles. The van der Waals surface area contributed by atoms with Crippen LogP contribution in [0, 0.1) is 0 Å². The molecule has 0 unspecified atom stereocenters. The third-order valence-corrected chi connectivity index (χ3v) is 5.02. The molecule has 0 amide bonds. The van der Waals surface area contributed by atoms with E-state index in [0.29, 0.717) is 13.2 Å². The summed E-state index contributed by atoms with van der Waals surface area (Å²) in [5.74, 6) is 3.32. The van der Waals surface area contributed by atoms with Crippen LogP contribution in [-0.2, 0) is 6.54 Å². The lowest BCUT2D eigenvalue weighted by atomic mass is 10.3. The second kappa shape index (κ2) is 8.60. The summed E-state index contributed by atoms with van der Waals surface area (Å²) in [6, 6.07) is 11.3. The maximum atomic E-state index is 5.68. The highest BCUT2D eigenvalue weighted by Gasteiger charge is 2.05. The lowest BCUT2D eigenvalue weighted by molar-refractivity contribution is 0.342. The van der Waals surface area contributed by atoms with Gasteiger partial charge in [0.25, 0.3) is 0 Å². The molecule has 1 N–H and O–H groups in total. The highest BCUT2D eigenvalue weighted by molar-refractivity contribution is 8.01. The monoisotopic (exact) mass is 363 g/mol. The Morgan fingerprint density at radius 3 is 2.75 bits per heavy atom. The molecule has 0 atom stereocenters. The van der Waals surface area contributed by atoms with E-state index < -0.39 is 0 Å². The molecule has 3 rings (SSSR count). The molecule has 3 aromatic rings. The van der Waals surface area contributed by atoms with Crippen molar-refractivity contribution in [3.63, 3.8) is 0 Å². The molecule has 2 heterocycles. The summed E-state index contributed by atoms with van der Waals surface area (Å²) >= 11 is 3.15. The first-order valence-electron chi connectivity index (χ1n) is 7.33. The molecular formula is C16H17N3O3S2. The van der Waals surface area contributed by atoms with Crippen LogP contribution < -0.4 is 14.8 Å². The molecule has 0 spiro atoms. The first kappa shape index (κ1) is 16.7. The summed E-state index contributed by atoms with van der Waals surface area (Å²) in [6.45, 7) is 1.21. The number of rotatable bonds is 9. The summed E-state index contributed by atoms with van der Waals surface area (Å²) in [7, 11) is 1.65. The van der Waals surface area contributed by atoms with E-state index in [4.69, 9.17) is 13.9 Å². The van der Waals surface area contributed by atoms with Crippen LogP contribution in [0.15, 0.2) is 51.4 Å². The number of thioether (sulfide) groups is 1. The second-order valence-corrected chi connectivity index (χ2v) is 7.00. The summed E-state index contributed by atoms with van der Waals surface area (Å²) in [5, 5.41) is 12.2. The molecular weight excluding hydrogens is 346 g/mol. The standard InChI is InChI=1S/C16H17N3O3S2/c1-20-12-4-6-13(7-5-12)22-9-10-23-16-19-18-15(24-16)17-11-14-3-2-8-21-14/h2-8H,9-11H2,1H3,(H,17,18). The molecule has 0 aliphatic heterocycles. The van der Waals surface area contributed by atoms with Crippen molar-refractivity contribution in [3.8, 4) is 11.5 Å². The SMILES string of the molecule is COc1ccc(OCCSc2nnc(NCc3ccco3)s2)cc1. The first-order chi connectivity index (χ1) is 11.8. The predicted molar refractivity (Wildman–Crippen MR) is 95.2 cm³/mol. The van der Waals surface area contributed by atoms with E-state index in [-0.39, 0.29) is 0 Å². The highest BCUT2D eigenvalue weighted by Crippen LogP contribution is 2.26. The van der Waals surface area contributed by atoms with Gasteiger partial charge in [-0.1, -0.05) is 23.1 Å². The van der Waals surface area contributed by atoms with Crippen molar-refractivity contribution in [1.82, 2.24) is 10.2 Å². The summed E-state index contributed by atoms with van der Waals surface area (Å²) in [5.41, 5.74) is 0. The fourth-order valence-corrected chi connectivity index (χ4v) is 3.51. The molecule has 24 heavy (non-hydrogen) atoms. The minimum absolute atomic E-state index is 0.603. The number of aromatic nitrogens is 2. The van der Waals surface area contributed by atoms with Crippen LogP contribution in [0.25, 0.3) is 0 Å². The average Bonchev–Trinajstić information content (AvgIpc) is 3.29. The number of hydrogen-bond acceptors (Lipinski definition) is 8. The first-order valence-corrected chi connectivity index (χ1v) is 9.13. The summed E-state index contributed by atoms with van der Waals surface area (Å²) in [6.07, 6.45) is 1.65. The zero-order valence-electron chi connectivity index (χ0n) is 13.1. The van der Waals surface area contributed by atoms with Gasteiger partial charge in [0, 0.05) is 5.75 Å². The van der Waals surface area contributed by atoms with Gasteiger partial charge >= 0.3 is 0 Å². The van der Waals surface area contributed by atoms with Crippen molar-refractivity contribution in [2.75, 3.05) is 24.8 Å². The highest BCUT2D eigenvalue weighted by atomic mass is 32.2. The number of benzene rings is 1. The van der Waals surface area contributed by atoms with Crippen molar-refractivity contribution in [3.05, 3.63) is 48.4 Å². The maximum absolute atomic E-state index is 5.68. The lowest BCUT2D eigenvalue weighted by Gasteiger charge is -2.05. The number of hydrogen-bond donors (Lipinski definition) is 1. The molecule has 126 valence electrons. The number of nitrogens with zero attached hydrogens (tertiary/aromatic N) is 2. The molecule has 0 fully saturated rings. The molecule has 6 nitrogen and oxygen atoms in total. The normalized spacial score (nSPS) is 10.5. The van der Waals surface area contributed by atoms with Gasteiger partial charge in [0.05, 0.1) is 26.5 Å². The van der Waals surface area contributed by atoms with Crippen molar-refractivity contribution in [1.29, 1.82) is 0 Å². The fraction of sp³-hybridized carbons (Fsp3) is 0.250. The van der Waals surface area contributed by atoms with E-state index >= 15 is 0 Å². The number of ether oxygens (including phenoxy) is 2. The molecule has 0 saturated heterocycles. The van der Waals surface area contributed by atoms with Gasteiger partial charge in [0.15, 0.2) is 4.34 Å². The largest absolute Gasteiger partial charge is 0.497 e. The fourth-order valence-electron chi connectivity index (χ4n) is 1.88. The Morgan fingerprint density at radius 1 is 1.17 bits per heavy atom. The van der Waals surface area contributed by atoms with Crippen LogP contribution in [0.5, 0.6) is 11.5 Å². The van der Waals surface area contributed by atoms with E-state index in [2.05, 4.69) is 15.5 Å². The van der Waals surface area contributed by atoms with E-state index in [1.807, 2.05) is 36.4 Å². The molecule has 0 radical (unpaired) electrons. The van der Waals surface area contributed by atoms with Crippen LogP contribution in [0.4, 0.5) is 5.13 Å². The predicted octanol–water partition coefficient (Wildman–Crippen LogP) is 3.92. The van der Waals surface area contributed by atoms with Crippen LogP contribution in [-0.4, -0.2) is 29.7 Å². The average molecular weight is 363 g/mol. The molecule has 0 aliphatic rings. The van der Waals surface area contributed by atoms with Gasteiger partial charge in [0.2, 0.25) is 5.13 Å². The third-order valence-electron chi connectivity index (χ3n) is 3.04. The van der Waals surface area contributed by atoms with Gasteiger partial charge in [-0.05, 0) is 36.4 Å². The topological polar surface area (TPSA) is 69.4 Å². The van der Waals surface area contributed by atoms with Gasteiger partial charge in [0.1, 0.15) is 17.3 Å². The minimum Gasteiger partial charge on any atom is -0.497 e. The Hall–Kier alpha value is -2.19. The Balaban J connectivity index is 1.37. The van der Waals surface area contributed by atoms with Crippen molar-refractivity contribution >= 4 is 28.2 Å². The summed E-state index contributed by atoms with van der Waals surface area (Å²) < 4.78 is 17.0. The number of nitrogens with one attached hydrogen (secondary N) is 1. The molecule has 0 saturated carbocycles. The zero-order valence-corrected chi connectivity index (χ0v) is 14.7. The van der Waals surface area contributed by atoms with Crippen molar-refractivity contribution < 1.29 is 13.9 Å². The number of anilines is 1. The minimum atomic E-state index is 0.603. The molecule has 0 bridgehead atoms. The van der Waals surface area contributed by atoms with E-state index in [1.165, 1.54) is 11.3 Å². The second-order valence-electron chi connectivity index (χ2n) is 4.68. The van der Waals surface area contributed by atoms with Crippen LogP contribution in [0.2, 0.25) is 0 Å². The lowest BCUT2D eigenvalue weighted by Crippen LogP contribution is -1.99. The maximum Gasteiger partial charge on any atom is 0.206 e. The van der Waals surface area contributed by atoms with Gasteiger partial charge in [-0.15, -0.1) is 10.2 Å². The van der Waals surface area contributed by atoms with Gasteiger partial charge < -0.3 is 19.2 Å². The van der Waals surface area contributed by atoms with Crippen LogP contribution in [0.1, 0.15) is 5.76 Å². The Bertz CT molecular complexity index is 729. The summed E-state index contributed by atoms with van der Waals surface area (Å²) in [4.78, 5) is 0. The van der Waals surface area contributed by atoms with E-state index in [9.17, 15) is 0 Å². The molecule has 8 heteroatoms. The van der Waals surface area contributed by atoms with Crippen molar-refractivity contribution in [2.24, 2.45) is 0 Å². The Labute approximate surface area is 148 Å². The van der Waals surface area contributed by atoms with Gasteiger partial charge in [-0.3, -0.25) is 0 Å². The Kier molecular flexibility index (Phi) is 5.97. The van der Waals surface area contributed by atoms with Crippen LogP contribution >= 0.6 is 23.1 Å². The number of furan rings is 1. The van der Waals surface area contributed by atoms with Crippen LogP contribution in [0.3, 0.4) is 0 Å². The Morgan fingerprint density at radius 2 is 2.00 bits per heavy atom. The van der Waals surface area contributed by atoms with Gasteiger partial charge in [-0.2, -0.15) is 0 Å².